The lowest BCUT2D eigenvalue weighted by molar-refractivity contribution is 0.255. The first kappa shape index (κ1) is 23.1. The van der Waals surface area contributed by atoms with E-state index in [1.807, 2.05) is 41.3 Å². The molecule has 3 aromatic heterocycles. The van der Waals surface area contributed by atoms with E-state index in [9.17, 15) is 18.9 Å². The van der Waals surface area contributed by atoms with E-state index < -0.39 is 10.0 Å². The maximum absolute atomic E-state index is 12.0. The van der Waals surface area contributed by atoms with E-state index in [2.05, 4.69) is 22.3 Å². The summed E-state index contributed by atoms with van der Waals surface area (Å²) < 4.78 is 29.0. The molecule has 176 valence electrons. The number of pyridine rings is 1. The normalized spacial score (nSPS) is 16.7. The lowest BCUT2D eigenvalue weighted by atomic mass is 10.1. The Hall–Kier alpha value is -3.64. The van der Waals surface area contributed by atoms with Gasteiger partial charge >= 0.3 is 0 Å². The van der Waals surface area contributed by atoms with E-state index in [0.29, 0.717) is 29.7 Å². The van der Waals surface area contributed by atoms with Crippen LogP contribution in [0.4, 0.5) is 0 Å². The van der Waals surface area contributed by atoms with E-state index in [-0.39, 0.29) is 6.04 Å². The molecule has 1 atom stereocenters. The van der Waals surface area contributed by atoms with Crippen molar-refractivity contribution in [2.45, 2.75) is 28.7 Å². The van der Waals surface area contributed by atoms with Gasteiger partial charge in [-0.15, -0.1) is 0 Å². The summed E-state index contributed by atoms with van der Waals surface area (Å²) in [7, 11) is -3.25. The summed E-state index contributed by atoms with van der Waals surface area (Å²) in [4.78, 5) is 1.59. The number of piperidine rings is 1. The van der Waals surface area contributed by atoms with Crippen molar-refractivity contribution < 1.29 is 8.42 Å². The second-order valence-corrected chi connectivity index (χ2v) is 11.5. The van der Waals surface area contributed by atoms with E-state index in [4.69, 9.17) is 0 Å². The first-order chi connectivity index (χ1) is 16.9. The Kier molecular flexibility index (Phi) is 6.07. The van der Waals surface area contributed by atoms with Gasteiger partial charge in [0.1, 0.15) is 12.1 Å². The smallest absolute Gasteiger partial charge is 0.211 e. The highest BCUT2D eigenvalue weighted by Gasteiger charge is 2.27. The van der Waals surface area contributed by atoms with E-state index in [0.717, 1.165) is 33.8 Å². The minimum Gasteiger partial charge on any atom is -0.268 e. The molecule has 0 bridgehead atoms. The molecule has 1 aliphatic rings. The van der Waals surface area contributed by atoms with Gasteiger partial charge in [0, 0.05) is 46.4 Å². The highest BCUT2D eigenvalue weighted by Crippen LogP contribution is 2.37. The van der Waals surface area contributed by atoms with Gasteiger partial charge in [-0.1, -0.05) is 23.9 Å². The zero-order valence-corrected chi connectivity index (χ0v) is 20.5. The Balaban J connectivity index is 1.53. The average Bonchev–Trinajstić information content (AvgIpc) is 3.51. The Morgan fingerprint density at radius 3 is 2.60 bits per heavy atom. The van der Waals surface area contributed by atoms with Crippen molar-refractivity contribution in [1.29, 1.82) is 10.5 Å². The SMILES string of the molecule is CS(=O)(=O)N1CCC[C@H](n2cc(-c3cc(Sc4ccccc4C#N)c4c(C#N)cnn4c3)cn2)C1. The minimum atomic E-state index is -3.25. The second kappa shape index (κ2) is 9.19. The molecular weight excluding hydrogens is 482 g/mol. The van der Waals surface area contributed by atoms with E-state index in [1.165, 1.54) is 28.5 Å². The summed E-state index contributed by atoms with van der Waals surface area (Å²) in [6, 6.07) is 13.7. The number of aromatic nitrogens is 4. The monoisotopic (exact) mass is 503 g/mol. The molecule has 1 aliphatic heterocycles. The van der Waals surface area contributed by atoms with Crippen LogP contribution in [0.2, 0.25) is 0 Å². The highest BCUT2D eigenvalue weighted by atomic mass is 32.2. The van der Waals surface area contributed by atoms with Gasteiger partial charge in [0.15, 0.2) is 0 Å². The predicted octanol–water partition coefficient (Wildman–Crippen LogP) is 3.69. The van der Waals surface area contributed by atoms with Gasteiger partial charge in [0.05, 0.1) is 41.3 Å². The van der Waals surface area contributed by atoms with Crippen molar-refractivity contribution in [2.75, 3.05) is 19.3 Å². The van der Waals surface area contributed by atoms with Gasteiger partial charge in [-0.05, 0) is 31.0 Å². The van der Waals surface area contributed by atoms with Gasteiger partial charge in [-0.2, -0.15) is 20.7 Å². The van der Waals surface area contributed by atoms with Crippen LogP contribution in [0.25, 0.3) is 16.6 Å². The van der Waals surface area contributed by atoms with E-state index >= 15 is 0 Å². The van der Waals surface area contributed by atoms with Crippen molar-refractivity contribution in [3.63, 3.8) is 0 Å². The maximum Gasteiger partial charge on any atom is 0.211 e. The molecule has 5 rings (SSSR count). The first-order valence-electron chi connectivity index (χ1n) is 11.0. The predicted molar refractivity (Wildman–Crippen MR) is 131 cm³/mol. The number of hydrogen-bond donors (Lipinski definition) is 0. The first-order valence-corrected chi connectivity index (χ1v) is 13.6. The highest BCUT2D eigenvalue weighted by molar-refractivity contribution is 7.99. The molecule has 4 aromatic rings. The van der Waals surface area contributed by atoms with Gasteiger partial charge < -0.3 is 0 Å². The summed E-state index contributed by atoms with van der Waals surface area (Å²) in [5.41, 5.74) is 3.39. The van der Waals surface area contributed by atoms with Crippen molar-refractivity contribution in [3.8, 4) is 23.3 Å². The topological polar surface area (TPSA) is 120 Å². The Labute approximate surface area is 207 Å². The fourth-order valence-electron chi connectivity index (χ4n) is 4.29. The van der Waals surface area contributed by atoms with Gasteiger partial charge in [0.25, 0.3) is 0 Å². The molecule has 0 unspecified atom stereocenters. The van der Waals surface area contributed by atoms with E-state index in [1.54, 1.807) is 16.8 Å². The Bertz CT molecular complexity index is 1610. The molecule has 1 aromatic carbocycles. The summed E-state index contributed by atoms with van der Waals surface area (Å²) in [5.74, 6) is 0. The molecule has 0 radical (unpaired) electrons. The number of nitriles is 2. The Morgan fingerprint density at radius 1 is 1.03 bits per heavy atom. The summed E-state index contributed by atoms with van der Waals surface area (Å²) in [6.45, 7) is 0.932. The number of hydrogen-bond acceptors (Lipinski definition) is 7. The zero-order chi connectivity index (χ0) is 24.6. The van der Waals surface area contributed by atoms with Crippen LogP contribution in [0.5, 0.6) is 0 Å². The molecule has 0 saturated carbocycles. The fraction of sp³-hybridized carbons (Fsp3) is 0.250. The molecule has 0 amide bonds. The molecule has 4 heterocycles. The summed E-state index contributed by atoms with van der Waals surface area (Å²) in [6.07, 6.45) is 9.93. The van der Waals surface area contributed by atoms with Crippen molar-refractivity contribution in [1.82, 2.24) is 23.7 Å². The summed E-state index contributed by atoms with van der Waals surface area (Å²) >= 11 is 1.41. The average molecular weight is 504 g/mol. The largest absolute Gasteiger partial charge is 0.268 e. The van der Waals surface area contributed by atoms with Crippen LogP contribution in [-0.2, 0) is 10.0 Å². The minimum absolute atomic E-state index is 0.0396. The van der Waals surface area contributed by atoms with Crippen LogP contribution in [-0.4, -0.2) is 51.5 Å². The van der Waals surface area contributed by atoms with Crippen molar-refractivity contribution in [3.05, 3.63) is 66.2 Å². The third-order valence-electron chi connectivity index (χ3n) is 6.06. The molecule has 0 N–H and O–H groups in total. The number of nitrogens with zero attached hydrogens (tertiary/aromatic N) is 7. The van der Waals surface area contributed by atoms with Gasteiger partial charge in [-0.3, -0.25) is 4.68 Å². The van der Waals surface area contributed by atoms with Crippen LogP contribution in [0.1, 0.15) is 30.0 Å². The van der Waals surface area contributed by atoms with Crippen LogP contribution >= 0.6 is 11.8 Å². The number of fused-ring (bicyclic) bond motifs is 1. The third-order valence-corrected chi connectivity index (χ3v) is 8.44. The van der Waals surface area contributed by atoms with Gasteiger partial charge in [-0.25, -0.2) is 17.2 Å². The third kappa shape index (κ3) is 4.54. The van der Waals surface area contributed by atoms with Crippen molar-refractivity contribution >= 4 is 27.3 Å². The van der Waals surface area contributed by atoms with Crippen LogP contribution < -0.4 is 0 Å². The lowest BCUT2D eigenvalue weighted by Crippen LogP contribution is -2.40. The van der Waals surface area contributed by atoms with Crippen LogP contribution in [0, 0.1) is 22.7 Å². The number of rotatable bonds is 5. The number of benzene rings is 1. The molecule has 0 spiro atoms. The molecule has 0 aliphatic carbocycles. The maximum atomic E-state index is 12.0. The number of sulfonamides is 1. The summed E-state index contributed by atoms with van der Waals surface area (Å²) in [5, 5.41) is 28.0. The van der Waals surface area contributed by atoms with Crippen molar-refractivity contribution in [2.24, 2.45) is 0 Å². The molecule has 9 nitrogen and oxygen atoms in total. The van der Waals surface area contributed by atoms with Crippen LogP contribution in [0.3, 0.4) is 0 Å². The molecule has 35 heavy (non-hydrogen) atoms. The lowest BCUT2D eigenvalue weighted by Gasteiger charge is -2.30. The molecule has 1 saturated heterocycles. The second-order valence-electron chi connectivity index (χ2n) is 8.39. The van der Waals surface area contributed by atoms with Crippen LogP contribution in [0.15, 0.2) is 64.9 Å². The van der Waals surface area contributed by atoms with Gasteiger partial charge in [0.2, 0.25) is 10.0 Å². The molecule has 11 heteroatoms. The Morgan fingerprint density at radius 2 is 1.83 bits per heavy atom. The fourth-order valence-corrected chi connectivity index (χ4v) is 6.29. The quantitative estimate of drug-likeness (QED) is 0.407. The molecule has 1 fully saturated rings. The molecular formula is C24H21N7O2S2. The standard InChI is InChI=1S/C24H21N7O2S2/c1-35(32,33)29-8-4-6-21(16-29)30-15-20(13-27-30)18-9-23(24-19(11-26)12-28-31(24)14-18)34-22-7-3-2-5-17(22)10-25/h2-3,5,7,9,12-15,21H,4,6,8,16H2,1H3/t21-/m0/s1. The zero-order valence-electron chi connectivity index (χ0n) is 18.9.